The standard InChI is InChI=1S/C21H21N5O2S/c1-4-27-17-11-9-16(10-12-17)26-15(3)23-24-21(26)29-13-19-22-20(25-28-19)18-8-6-5-7-14(18)2/h5-12H,4,13H2,1-3H3. The molecule has 0 fully saturated rings. The highest BCUT2D eigenvalue weighted by molar-refractivity contribution is 7.98. The van der Waals surface area contributed by atoms with Crippen LogP contribution in [-0.2, 0) is 5.75 Å². The van der Waals surface area contributed by atoms with E-state index in [0.29, 0.717) is 24.1 Å². The first-order valence-corrected chi connectivity index (χ1v) is 10.3. The zero-order valence-electron chi connectivity index (χ0n) is 16.5. The van der Waals surface area contributed by atoms with Crippen molar-refractivity contribution >= 4 is 11.8 Å². The van der Waals surface area contributed by atoms with Gasteiger partial charge < -0.3 is 9.26 Å². The minimum absolute atomic E-state index is 0.508. The summed E-state index contributed by atoms with van der Waals surface area (Å²) >= 11 is 1.50. The summed E-state index contributed by atoms with van der Waals surface area (Å²) in [6.07, 6.45) is 0. The Morgan fingerprint density at radius 1 is 1.03 bits per heavy atom. The Kier molecular flexibility index (Phi) is 5.62. The highest BCUT2D eigenvalue weighted by Gasteiger charge is 2.15. The second kappa shape index (κ2) is 8.48. The monoisotopic (exact) mass is 407 g/mol. The van der Waals surface area contributed by atoms with Crippen LogP contribution in [0.2, 0.25) is 0 Å². The molecule has 0 atom stereocenters. The third-order valence-electron chi connectivity index (χ3n) is 4.38. The molecule has 4 aromatic rings. The van der Waals surface area contributed by atoms with Crippen LogP contribution in [0.4, 0.5) is 0 Å². The summed E-state index contributed by atoms with van der Waals surface area (Å²) in [5.74, 6) is 3.30. The zero-order chi connectivity index (χ0) is 20.2. The number of benzene rings is 2. The molecule has 0 saturated heterocycles. The molecule has 0 bridgehead atoms. The van der Waals surface area contributed by atoms with Crippen LogP contribution in [0.5, 0.6) is 5.75 Å². The largest absolute Gasteiger partial charge is 0.494 e. The Hall–Kier alpha value is -3.13. The Bertz CT molecular complexity index is 1100. The second-order valence-corrected chi connectivity index (χ2v) is 7.35. The molecule has 0 amide bonds. The summed E-state index contributed by atoms with van der Waals surface area (Å²) in [4.78, 5) is 4.53. The quantitative estimate of drug-likeness (QED) is 0.413. The summed E-state index contributed by atoms with van der Waals surface area (Å²) in [7, 11) is 0. The van der Waals surface area contributed by atoms with E-state index >= 15 is 0 Å². The van der Waals surface area contributed by atoms with Gasteiger partial charge in [0.15, 0.2) is 5.16 Å². The Morgan fingerprint density at radius 2 is 1.83 bits per heavy atom. The normalized spacial score (nSPS) is 11.0. The number of ether oxygens (including phenoxy) is 1. The fourth-order valence-corrected chi connectivity index (χ4v) is 3.80. The van der Waals surface area contributed by atoms with E-state index in [1.165, 1.54) is 11.8 Å². The number of hydrogen-bond acceptors (Lipinski definition) is 7. The van der Waals surface area contributed by atoms with Gasteiger partial charge in [-0.1, -0.05) is 41.2 Å². The molecule has 4 rings (SSSR count). The van der Waals surface area contributed by atoms with Crippen LogP contribution in [0, 0.1) is 13.8 Å². The molecule has 0 saturated carbocycles. The molecular weight excluding hydrogens is 386 g/mol. The van der Waals surface area contributed by atoms with Crippen molar-refractivity contribution in [1.29, 1.82) is 0 Å². The average Bonchev–Trinajstić information content (AvgIpc) is 3.34. The van der Waals surface area contributed by atoms with Gasteiger partial charge in [-0.2, -0.15) is 4.98 Å². The van der Waals surface area contributed by atoms with Gasteiger partial charge in [-0.3, -0.25) is 4.57 Å². The van der Waals surface area contributed by atoms with Crippen molar-refractivity contribution < 1.29 is 9.26 Å². The molecule has 2 aromatic carbocycles. The highest BCUT2D eigenvalue weighted by Crippen LogP contribution is 2.27. The first-order valence-electron chi connectivity index (χ1n) is 9.32. The third kappa shape index (κ3) is 4.17. The molecule has 148 valence electrons. The summed E-state index contributed by atoms with van der Waals surface area (Å²) in [6, 6.07) is 15.9. The zero-order valence-corrected chi connectivity index (χ0v) is 17.3. The molecular formula is C21H21N5O2S. The van der Waals surface area contributed by atoms with E-state index in [1.807, 2.05) is 73.9 Å². The Labute approximate surface area is 173 Å². The lowest BCUT2D eigenvalue weighted by Crippen LogP contribution is -2.00. The van der Waals surface area contributed by atoms with E-state index in [2.05, 4.69) is 20.3 Å². The van der Waals surface area contributed by atoms with Crippen LogP contribution in [-0.4, -0.2) is 31.5 Å². The van der Waals surface area contributed by atoms with Crippen LogP contribution >= 0.6 is 11.8 Å². The lowest BCUT2D eigenvalue weighted by atomic mass is 10.1. The van der Waals surface area contributed by atoms with E-state index in [0.717, 1.165) is 33.5 Å². The molecule has 0 spiro atoms. The minimum atomic E-state index is 0.508. The second-order valence-electron chi connectivity index (χ2n) is 6.41. The van der Waals surface area contributed by atoms with Gasteiger partial charge >= 0.3 is 0 Å². The molecule has 0 aliphatic heterocycles. The maximum absolute atomic E-state index is 5.52. The van der Waals surface area contributed by atoms with Gasteiger partial charge in [0.1, 0.15) is 11.6 Å². The van der Waals surface area contributed by atoms with Crippen molar-refractivity contribution in [3.63, 3.8) is 0 Å². The predicted molar refractivity (Wildman–Crippen MR) is 111 cm³/mol. The lowest BCUT2D eigenvalue weighted by Gasteiger charge is -2.09. The van der Waals surface area contributed by atoms with Crippen molar-refractivity contribution in [2.24, 2.45) is 0 Å². The highest BCUT2D eigenvalue weighted by atomic mass is 32.2. The topological polar surface area (TPSA) is 78.9 Å². The Balaban J connectivity index is 1.51. The first-order chi connectivity index (χ1) is 14.2. The molecule has 2 aromatic heterocycles. The number of aryl methyl sites for hydroxylation is 2. The number of nitrogens with zero attached hydrogens (tertiary/aromatic N) is 5. The summed E-state index contributed by atoms with van der Waals surface area (Å²) < 4.78 is 13.0. The van der Waals surface area contributed by atoms with Gasteiger partial charge in [0, 0.05) is 11.3 Å². The SMILES string of the molecule is CCOc1ccc(-n2c(C)nnc2SCc2nc(-c3ccccc3C)no2)cc1. The fraction of sp³-hybridized carbons (Fsp3) is 0.238. The number of hydrogen-bond donors (Lipinski definition) is 0. The van der Waals surface area contributed by atoms with E-state index in [4.69, 9.17) is 9.26 Å². The molecule has 7 nitrogen and oxygen atoms in total. The molecule has 0 radical (unpaired) electrons. The molecule has 29 heavy (non-hydrogen) atoms. The van der Waals surface area contributed by atoms with E-state index in [1.54, 1.807) is 0 Å². The van der Waals surface area contributed by atoms with Crippen molar-refractivity contribution in [2.75, 3.05) is 6.61 Å². The van der Waals surface area contributed by atoms with Crippen molar-refractivity contribution in [3.8, 4) is 22.8 Å². The Morgan fingerprint density at radius 3 is 2.59 bits per heavy atom. The van der Waals surface area contributed by atoms with Gasteiger partial charge in [0.25, 0.3) is 0 Å². The van der Waals surface area contributed by atoms with Gasteiger partial charge in [0.05, 0.1) is 12.4 Å². The molecule has 0 unspecified atom stereocenters. The summed E-state index contributed by atoms with van der Waals surface area (Å²) in [5, 5.41) is 13.4. The fourth-order valence-electron chi connectivity index (χ4n) is 2.96. The molecule has 2 heterocycles. The molecule has 0 aliphatic rings. The molecule has 0 N–H and O–H groups in total. The predicted octanol–water partition coefficient (Wildman–Crippen LogP) is 4.63. The first kappa shape index (κ1) is 19.2. The van der Waals surface area contributed by atoms with E-state index in [9.17, 15) is 0 Å². The maximum Gasteiger partial charge on any atom is 0.237 e. The number of aromatic nitrogens is 5. The van der Waals surface area contributed by atoms with Gasteiger partial charge in [-0.15, -0.1) is 10.2 Å². The van der Waals surface area contributed by atoms with Crippen LogP contribution in [0.25, 0.3) is 17.1 Å². The number of rotatable bonds is 7. The van der Waals surface area contributed by atoms with Crippen molar-refractivity contribution in [1.82, 2.24) is 24.9 Å². The van der Waals surface area contributed by atoms with E-state index < -0.39 is 0 Å². The molecule has 0 aliphatic carbocycles. The van der Waals surface area contributed by atoms with Gasteiger partial charge in [-0.25, -0.2) is 0 Å². The van der Waals surface area contributed by atoms with Crippen LogP contribution < -0.4 is 4.74 Å². The molecule has 8 heteroatoms. The van der Waals surface area contributed by atoms with Crippen molar-refractivity contribution in [2.45, 2.75) is 31.7 Å². The minimum Gasteiger partial charge on any atom is -0.494 e. The lowest BCUT2D eigenvalue weighted by molar-refractivity contribution is 0.340. The van der Waals surface area contributed by atoms with Gasteiger partial charge in [0.2, 0.25) is 11.7 Å². The summed E-state index contributed by atoms with van der Waals surface area (Å²) in [6.45, 7) is 6.56. The van der Waals surface area contributed by atoms with Crippen LogP contribution in [0.1, 0.15) is 24.2 Å². The van der Waals surface area contributed by atoms with Crippen LogP contribution in [0.15, 0.2) is 58.2 Å². The third-order valence-corrected chi connectivity index (χ3v) is 5.29. The van der Waals surface area contributed by atoms with E-state index in [-0.39, 0.29) is 0 Å². The van der Waals surface area contributed by atoms with Crippen molar-refractivity contribution in [3.05, 3.63) is 65.8 Å². The maximum atomic E-state index is 5.52. The van der Waals surface area contributed by atoms with Crippen LogP contribution in [0.3, 0.4) is 0 Å². The number of thioether (sulfide) groups is 1. The average molecular weight is 407 g/mol. The summed E-state index contributed by atoms with van der Waals surface area (Å²) in [5.41, 5.74) is 3.06. The smallest absolute Gasteiger partial charge is 0.237 e. The van der Waals surface area contributed by atoms with Gasteiger partial charge in [-0.05, 0) is 50.6 Å².